The summed E-state index contributed by atoms with van der Waals surface area (Å²) < 4.78 is 25.5. The van der Waals surface area contributed by atoms with Crippen molar-refractivity contribution < 1.29 is 27.9 Å². The maximum Gasteiger partial charge on any atom is 0.322 e. The van der Waals surface area contributed by atoms with Gasteiger partial charge in [0, 0.05) is 24.7 Å². The van der Waals surface area contributed by atoms with Crippen molar-refractivity contribution in [3.8, 4) is 5.75 Å². The SMILES string of the molecule is COc1ccc2c(c1F)C(=O)N(CC1(c3cc4c(o3)CC(Cl)N=C4)NC(=O)NC1=O)C2. The van der Waals surface area contributed by atoms with E-state index in [1.165, 1.54) is 24.3 Å². The summed E-state index contributed by atoms with van der Waals surface area (Å²) >= 11 is 6.04. The summed E-state index contributed by atoms with van der Waals surface area (Å²) in [4.78, 5) is 43.3. The molecule has 1 saturated heterocycles. The fourth-order valence-corrected chi connectivity index (χ4v) is 4.31. The normalized spacial score (nSPS) is 24.2. The molecule has 0 saturated carbocycles. The van der Waals surface area contributed by atoms with Crippen LogP contribution in [0, 0.1) is 5.82 Å². The van der Waals surface area contributed by atoms with Crippen molar-refractivity contribution in [3.63, 3.8) is 0 Å². The highest BCUT2D eigenvalue weighted by Crippen LogP contribution is 2.36. The molecule has 2 N–H and O–H groups in total. The van der Waals surface area contributed by atoms with Crippen molar-refractivity contribution >= 4 is 35.7 Å². The molecule has 31 heavy (non-hydrogen) atoms. The number of benzene rings is 1. The number of amides is 4. The van der Waals surface area contributed by atoms with E-state index in [0.29, 0.717) is 23.3 Å². The molecule has 0 aliphatic carbocycles. The zero-order valence-electron chi connectivity index (χ0n) is 16.2. The Hall–Kier alpha value is -3.40. The van der Waals surface area contributed by atoms with E-state index in [2.05, 4.69) is 15.6 Å². The molecule has 11 heteroatoms. The number of hydrogen-bond acceptors (Lipinski definition) is 6. The Kier molecular flexibility index (Phi) is 4.30. The Bertz CT molecular complexity index is 1180. The van der Waals surface area contributed by atoms with Crippen molar-refractivity contribution in [2.45, 2.75) is 24.0 Å². The van der Waals surface area contributed by atoms with Crippen molar-refractivity contribution in [1.82, 2.24) is 15.5 Å². The first kappa shape index (κ1) is 19.6. The van der Waals surface area contributed by atoms with Gasteiger partial charge in [0.05, 0.1) is 19.2 Å². The minimum absolute atomic E-state index is 0.0517. The number of methoxy groups -OCH3 is 1. The number of alkyl halides is 1. The van der Waals surface area contributed by atoms with Crippen LogP contribution in [0.1, 0.15) is 33.0 Å². The zero-order chi connectivity index (χ0) is 21.9. The van der Waals surface area contributed by atoms with Crippen LogP contribution in [-0.4, -0.2) is 48.1 Å². The van der Waals surface area contributed by atoms with Crippen molar-refractivity contribution in [2.24, 2.45) is 4.99 Å². The third-order valence-corrected chi connectivity index (χ3v) is 5.90. The van der Waals surface area contributed by atoms with Crippen LogP contribution in [0.4, 0.5) is 9.18 Å². The second-order valence-corrected chi connectivity index (χ2v) is 8.00. The first-order chi connectivity index (χ1) is 14.8. The maximum atomic E-state index is 14.7. The zero-order valence-corrected chi connectivity index (χ0v) is 17.0. The van der Waals surface area contributed by atoms with Gasteiger partial charge < -0.3 is 19.4 Å². The Morgan fingerprint density at radius 2 is 2.19 bits per heavy atom. The molecule has 0 bridgehead atoms. The van der Waals surface area contributed by atoms with E-state index in [4.69, 9.17) is 20.8 Å². The van der Waals surface area contributed by atoms with E-state index in [-0.39, 0.29) is 30.2 Å². The number of furan rings is 1. The quantitative estimate of drug-likeness (QED) is 0.421. The van der Waals surface area contributed by atoms with Gasteiger partial charge in [-0.25, -0.2) is 9.18 Å². The second kappa shape index (κ2) is 6.81. The number of aliphatic imine (C=N–C) groups is 1. The number of fused-ring (bicyclic) bond motifs is 2. The van der Waals surface area contributed by atoms with Crippen molar-refractivity contribution in [2.75, 3.05) is 13.7 Å². The number of nitrogens with one attached hydrogen (secondary N) is 2. The number of rotatable bonds is 4. The summed E-state index contributed by atoms with van der Waals surface area (Å²) in [6, 6.07) is 3.90. The molecule has 3 aliphatic heterocycles. The molecule has 2 atom stereocenters. The number of halogens is 2. The fourth-order valence-electron chi connectivity index (χ4n) is 4.11. The number of imide groups is 1. The summed E-state index contributed by atoms with van der Waals surface area (Å²) in [5.41, 5.74) is -1.20. The van der Waals surface area contributed by atoms with Crippen LogP contribution in [0.5, 0.6) is 5.75 Å². The lowest BCUT2D eigenvalue weighted by Crippen LogP contribution is -2.52. The summed E-state index contributed by atoms with van der Waals surface area (Å²) in [6.45, 7) is -0.195. The van der Waals surface area contributed by atoms with Gasteiger partial charge in [-0.3, -0.25) is 19.9 Å². The van der Waals surface area contributed by atoms with Gasteiger partial charge in [0.25, 0.3) is 11.8 Å². The van der Waals surface area contributed by atoms with Crippen LogP contribution in [0.25, 0.3) is 0 Å². The number of carbonyl (C=O) groups excluding carboxylic acids is 3. The number of hydrogen-bond donors (Lipinski definition) is 2. The molecule has 0 radical (unpaired) electrons. The summed E-state index contributed by atoms with van der Waals surface area (Å²) in [5, 5.41) is 4.78. The number of nitrogens with zero attached hydrogens (tertiary/aromatic N) is 2. The van der Waals surface area contributed by atoms with E-state index < -0.39 is 34.7 Å². The number of urea groups is 1. The molecule has 4 heterocycles. The third kappa shape index (κ3) is 2.89. The van der Waals surface area contributed by atoms with Crippen LogP contribution in [0.15, 0.2) is 27.6 Å². The minimum Gasteiger partial charge on any atom is -0.494 e. The fraction of sp³-hybridized carbons (Fsp3) is 0.300. The molecule has 160 valence electrons. The molecule has 1 aromatic heterocycles. The predicted molar refractivity (Wildman–Crippen MR) is 106 cm³/mol. The lowest BCUT2D eigenvalue weighted by Gasteiger charge is -2.29. The van der Waals surface area contributed by atoms with E-state index in [0.717, 1.165) is 0 Å². The maximum absolute atomic E-state index is 14.7. The van der Waals surface area contributed by atoms with Gasteiger partial charge >= 0.3 is 6.03 Å². The molecular formula is C20H16ClFN4O5. The summed E-state index contributed by atoms with van der Waals surface area (Å²) in [7, 11) is 1.31. The molecule has 4 amide bonds. The summed E-state index contributed by atoms with van der Waals surface area (Å²) in [6.07, 6.45) is 1.85. The predicted octanol–water partition coefficient (Wildman–Crippen LogP) is 1.66. The van der Waals surface area contributed by atoms with Crippen LogP contribution < -0.4 is 15.4 Å². The van der Waals surface area contributed by atoms with E-state index in [1.807, 2.05) is 0 Å². The Morgan fingerprint density at radius 3 is 2.90 bits per heavy atom. The average Bonchev–Trinajstić information content (AvgIpc) is 3.37. The van der Waals surface area contributed by atoms with Gasteiger partial charge in [-0.05, 0) is 17.7 Å². The van der Waals surface area contributed by atoms with Crippen LogP contribution >= 0.6 is 11.6 Å². The first-order valence-electron chi connectivity index (χ1n) is 9.41. The van der Waals surface area contributed by atoms with E-state index >= 15 is 0 Å². The van der Waals surface area contributed by atoms with Gasteiger partial charge in [-0.1, -0.05) is 17.7 Å². The third-order valence-electron chi connectivity index (χ3n) is 5.64. The minimum atomic E-state index is -1.68. The lowest BCUT2D eigenvalue weighted by molar-refractivity contribution is -0.125. The van der Waals surface area contributed by atoms with Gasteiger partial charge in [0.15, 0.2) is 17.1 Å². The molecule has 1 fully saturated rings. The highest BCUT2D eigenvalue weighted by molar-refractivity contribution is 6.21. The van der Waals surface area contributed by atoms with E-state index in [1.54, 1.807) is 12.1 Å². The molecular weight excluding hydrogens is 431 g/mol. The largest absolute Gasteiger partial charge is 0.494 e. The lowest BCUT2D eigenvalue weighted by atomic mass is 9.95. The molecule has 2 unspecified atom stereocenters. The topological polar surface area (TPSA) is 113 Å². The van der Waals surface area contributed by atoms with E-state index in [9.17, 15) is 18.8 Å². The molecule has 0 spiro atoms. The molecule has 9 nitrogen and oxygen atoms in total. The monoisotopic (exact) mass is 446 g/mol. The summed E-state index contributed by atoms with van der Waals surface area (Å²) in [5.74, 6) is -1.45. The Balaban J connectivity index is 1.53. The highest BCUT2D eigenvalue weighted by atomic mass is 35.5. The number of ether oxygens (including phenoxy) is 1. The Morgan fingerprint density at radius 1 is 1.39 bits per heavy atom. The van der Waals surface area contributed by atoms with Crippen molar-refractivity contribution in [1.29, 1.82) is 0 Å². The van der Waals surface area contributed by atoms with Crippen LogP contribution in [0.2, 0.25) is 0 Å². The molecule has 5 rings (SSSR count). The molecule has 3 aliphatic rings. The average molecular weight is 447 g/mol. The molecule has 1 aromatic carbocycles. The van der Waals surface area contributed by atoms with Gasteiger partial charge in [-0.2, -0.15) is 0 Å². The smallest absolute Gasteiger partial charge is 0.322 e. The van der Waals surface area contributed by atoms with Gasteiger partial charge in [-0.15, -0.1) is 0 Å². The van der Waals surface area contributed by atoms with Crippen LogP contribution in [0.3, 0.4) is 0 Å². The van der Waals surface area contributed by atoms with Gasteiger partial charge in [0.1, 0.15) is 17.0 Å². The second-order valence-electron chi connectivity index (χ2n) is 7.50. The first-order valence-corrected chi connectivity index (χ1v) is 9.84. The van der Waals surface area contributed by atoms with Crippen molar-refractivity contribution in [3.05, 3.63) is 52.2 Å². The highest BCUT2D eigenvalue weighted by Gasteiger charge is 2.53. The Labute approximate surface area is 180 Å². The van der Waals surface area contributed by atoms with Crippen LogP contribution in [-0.2, 0) is 23.3 Å². The van der Waals surface area contributed by atoms with Gasteiger partial charge in [0.2, 0.25) is 0 Å². The standard InChI is InChI=1S/C20H16ClFN4O5/c1-30-11-3-2-9-7-26(17(27)15(9)16(11)22)8-20(18(28)24-19(29)25-20)13-4-10-6-23-14(21)5-12(10)31-13/h2-4,6,14H,5,7-8H2,1H3,(H2,24,25,28,29). The molecule has 2 aromatic rings. The number of carbonyl (C=O) groups is 3.